The smallest absolute Gasteiger partial charge is 0.270 e. The van der Waals surface area contributed by atoms with Gasteiger partial charge in [0.2, 0.25) is 0 Å². The molecule has 1 saturated heterocycles. The maximum absolute atomic E-state index is 12.8. The van der Waals surface area contributed by atoms with Crippen molar-refractivity contribution in [3.63, 3.8) is 0 Å². The monoisotopic (exact) mass is 522 g/mol. The summed E-state index contributed by atoms with van der Waals surface area (Å²) >= 11 is 1.66. The Morgan fingerprint density at radius 3 is 2.84 bits per heavy atom. The Kier molecular flexibility index (Phi) is 8.97. The molecule has 1 aliphatic rings. The average Bonchev–Trinajstić information content (AvgIpc) is 3.39. The van der Waals surface area contributed by atoms with E-state index in [9.17, 15) is 15.2 Å². The van der Waals surface area contributed by atoms with E-state index in [1.54, 1.807) is 17.5 Å². The summed E-state index contributed by atoms with van der Waals surface area (Å²) in [5.41, 5.74) is 7.13. The van der Waals surface area contributed by atoms with Crippen molar-refractivity contribution in [3.8, 4) is 16.8 Å². The highest BCUT2D eigenvalue weighted by atomic mass is 32.1. The molecule has 1 aliphatic heterocycles. The van der Waals surface area contributed by atoms with E-state index in [1.807, 2.05) is 30.5 Å². The van der Waals surface area contributed by atoms with Crippen LogP contribution >= 0.6 is 11.3 Å². The zero-order valence-electron chi connectivity index (χ0n) is 20.3. The normalized spacial score (nSPS) is 15.2. The second-order valence-electron chi connectivity index (χ2n) is 8.93. The molecule has 0 bridgehead atoms. The third kappa shape index (κ3) is 6.99. The Balaban J connectivity index is 1.26. The zero-order valence-corrected chi connectivity index (χ0v) is 21.1. The summed E-state index contributed by atoms with van der Waals surface area (Å²) in [6.07, 6.45) is 4.58. The molecule has 0 radical (unpaired) electrons. The lowest BCUT2D eigenvalue weighted by molar-refractivity contribution is 0.0930. The minimum atomic E-state index is -1.03. The zero-order chi connectivity index (χ0) is 26.2. The number of nitrogens with two attached hydrogens (primary N) is 1. The number of carbonyl (C=O) groups excluding carboxylic acids is 1. The highest BCUT2D eigenvalue weighted by molar-refractivity contribution is 7.14. The maximum atomic E-state index is 12.8. The SMILES string of the molecule is N#Cc1c(N)cc(C(=O)NCC2CCN(Cc3cnc(-c4ccccn4)s3)CC2)nc1NC[C@@H](O)CO. The number of piperidine rings is 1. The van der Waals surface area contributed by atoms with Crippen LogP contribution in [0, 0.1) is 17.2 Å². The van der Waals surface area contributed by atoms with E-state index in [0.29, 0.717) is 12.5 Å². The molecule has 4 heterocycles. The van der Waals surface area contributed by atoms with Crippen LogP contribution in [0.4, 0.5) is 11.5 Å². The fourth-order valence-corrected chi connectivity index (χ4v) is 5.02. The minimum Gasteiger partial charge on any atom is -0.397 e. The molecule has 1 amide bonds. The summed E-state index contributed by atoms with van der Waals surface area (Å²) in [5.74, 6) is 0.0672. The van der Waals surface area contributed by atoms with Gasteiger partial charge in [-0.2, -0.15) is 5.26 Å². The van der Waals surface area contributed by atoms with Gasteiger partial charge in [-0.25, -0.2) is 9.97 Å². The molecule has 6 N–H and O–H groups in total. The molecule has 1 atom stereocenters. The van der Waals surface area contributed by atoms with Gasteiger partial charge >= 0.3 is 0 Å². The molecule has 37 heavy (non-hydrogen) atoms. The molecule has 194 valence electrons. The number of hydrogen-bond donors (Lipinski definition) is 5. The maximum Gasteiger partial charge on any atom is 0.270 e. The highest BCUT2D eigenvalue weighted by Gasteiger charge is 2.22. The lowest BCUT2D eigenvalue weighted by atomic mass is 9.96. The van der Waals surface area contributed by atoms with E-state index in [4.69, 9.17) is 10.8 Å². The van der Waals surface area contributed by atoms with Crippen molar-refractivity contribution in [2.45, 2.75) is 25.5 Å². The first-order valence-electron chi connectivity index (χ1n) is 12.1. The van der Waals surface area contributed by atoms with Gasteiger partial charge in [-0.1, -0.05) is 6.07 Å². The summed E-state index contributed by atoms with van der Waals surface area (Å²) in [4.78, 5) is 29.5. The first-order valence-corrected chi connectivity index (χ1v) is 12.9. The van der Waals surface area contributed by atoms with Gasteiger partial charge in [-0.3, -0.25) is 14.7 Å². The third-order valence-electron chi connectivity index (χ3n) is 6.19. The Bertz CT molecular complexity index is 1240. The number of rotatable bonds is 10. The van der Waals surface area contributed by atoms with Gasteiger partial charge in [-0.05, 0) is 50.0 Å². The summed E-state index contributed by atoms with van der Waals surface area (Å²) < 4.78 is 0. The lowest BCUT2D eigenvalue weighted by Crippen LogP contribution is -2.38. The first kappa shape index (κ1) is 26.4. The highest BCUT2D eigenvalue weighted by Crippen LogP contribution is 2.26. The lowest BCUT2D eigenvalue weighted by Gasteiger charge is -2.31. The predicted octanol–water partition coefficient (Wildman–Crippen LogP) is 1.46. The van der Waals surface area contributed by atoms with Crippen LogP contribution in [-0.2, 0) is 6.54 Å². The molecule has 0 spiro atoms. The van der Waals surface area contributed by atoms with Crippen LogP contribution in [0.25, 0.3) is 10.7 Å². The molecule has 3 aromatic heterocycles. The number of aromatic nitrogens is 3. The Morgan fingerprint density at radius 2 is 2.14 bits per heavy atom. The Labute approximate surface area is 219 Å². The van der Waals surface area contributed by atoms with Crippen LogP contribution in [0.5, 0.6) is 0 Å². The number of nitrogens with zero attached hydrogens (tertiary/aromatic N) is 5. The van der Waals surface area contributed by atoms with Gasteiger partial charge in [-0.15, -0.1) is 11.3 Å². The molecule has 0 saturated carbocycles. The quantitative estimate of drug-likeness (QED) is 0.262. The molecule has 1 fully saturated rings. The number of likely N-dealkylation sites (tertiary alicyclic amines) is 1. The number of aliphatic hydroxyl groups is 2. The van der Waals surface area contributed by atoms with Crippen LogP contribution in [0.3, 0.4) is 0 Å². The molecule has 0 aliphatic carbocycles. The van der Waals surface area contributed by atoms with Crippen molar-refractivity contribution in [2.75, 3.05) is 43.8 Å². The van der Waals surface area contributed by atoms with Crippen LogP contribution < -0.4 is 16.4 Å². The van der Waals surface area contributed by atoms with E-state index < -0.39 is 12.7 Å². The fourth-order valence-electron chi connectivity index (χ4n) is 4.09. The Morgan fingerprint density at radius 1 is 1.32 bits per heavy atom. The third-order valence-corrected chi connectivity index (χ3v) is 7.19. The van der Waals surface area contributed by atoms with Crippen molar-refractivity contribution in [3.05, 3.63) is 52.8 Å². The predicted molar refractivity (Wildman–Crippen MR) is 141 cm³/mol. The van der Waals surface area contributed by atoms with E-state index in [1.165, 1.54) is 10.9 Å². The Hall–Kier alpha value is -3.63. The first-order chi connectivity index (χ1) is 18.0. The fraction of sp³-hybridized carbons (Fsp3) is 0.400. The second-order valence-corrected chi connectivity index (χ2v) is 10.0. The van der Waals surface area contributed by atoms with E-state index in [0.717, 1.165) is 43.2 Å². The van der Waals surface area contributed by atoms with Crippen LogP contribution in [0.2, 0.25) is 0 Å². The van der Waals surface area contributed by atoms with Crippen LogP contribution in [0.1, 0.15) is 33.8 Å². The standard InChI is InChI=1S/C25H30N8O3S/c26-10-19-20(27)9-22(32-23(19)29-12-17(35)15-34)24(36)30-11-16-4-7-33(8-5-16)14-18-13-31-25(37-18)21-3-1-2-6-28-21/h1-3,6,9,13,16-17,34-35H,4-5,7-8,11-12,14-15H2,(H,30,36)(H3,27,29,32)/t17-/m1/s1. The number of pyridine rings is 2. The van der Waals surface area contributed by atoms with Gasteiger partial charge in [0, 0.05) is 36.9 Å². The van der Waals surface area contributed by atoms with Gasteiger partial charge in [0.25, 0.3) is 5.91 Å². The number of aliphatic hydroxyl groups excluding tert-OH is 2. The van der Waals surface area contributed by atoms with Crippen molar-refractivity contribution >= 4 is 28.7 Å². The summed E-state index contributed by atoms with van der Waals surface area (Å²) in [7, 11) is 0. The van der Waals surface area contributed by atoms with Crippen LogP contribution in [0.15, 0.2) is 36.7 Å². The molecule has 0 unspecified atom stereocenters. The van der Waals surface area contributed by atoms with Crippen LogP contribution in [-0.4, -0.2) is 74.9 Å². The van der Waals surface area contributed by atoms with Crippen molar-refractivity contribution in [2.24, 2.45) is 5.92 Å². The molecular weight excluding hydrogens is 492 g/mol. The number of amides is 1. The van der Waals surface area contributed by atoms with Crippen molar-refractivity contribution in [1.82, 2.24) is 25.2 Å². The van der Waals surface area contributed by atoms with Crippen molar-refractivity contribution in [1.29, 1.82) is 5.26 Å². The number of nitriles is 1. The molecule has 0 aromatic carbocycles. The van der Waals surface area contributed by atoms with Crippen molar-refractivity contribution < 1.29 is 15.0 Å². The minimum absolute atomic E-state index is 0.0345. The van der Waals surface area contributed by atoms with Gasteiger partial charge in [0.05, 0.1) is 24.1 Å². The topological polar surface area (TPSA) is 173 Å². The molecule has 11 nitrogen and oxygen atoms in total. The van der Waals surface area contributed by atoms with Gasteiger partial charge in [0.15, 0.2) is 0 Å². The van der Waals surface area contributed by atoms with Gasteiger partial charge < -0.3 is 26.6 Å². The molecule has 4 rings (SSSR count). The molecular formula is C25H30N8O3S. The van der Waals surface area contributed by atoms with Gasteiger partial charge in [0.1, 0.15) is 28.2 Å². The number of nitrogens with one attached hydrogen (secondary N) is 2. The number of anilines is 2. The average molecular weight is 523 g/mol. The molecule has 12 heteroatoms. The summed E-state index contributed by atoms with van der Waals surface area (Å²) in [5, 5.41) is 34.6. The number of hydrogen-bond acceptors (Lipinski definition) is 11. The summed E-state index contributed by atoms with van der Waals surface area (Å²) in [6.45, 7) is 2.75. The van der Waals surface area contributed by atoms with E-state index >= 15 is 0 Å². The number of nitrogen functional groups attached to an aromatic ring is 1. The van der Waals surface area contributed by atoms with E-state index in [2.05, 4.69) is 30.5 Å². The largest absolute Gasteiger partial charge is 0.397 e. The summed E-state index contributed by atoms with van der Waals surface area (Å²) in [6, 6.07) is 9.13. The second kappa shape index (κ2) is 12.6. The number of thiazole rings is 1. The number of carbonyl (C=O) groups is 1. The van der Waals surface area contributed by atoms with E-state index in [-0.39, 0.29) is 35.2 Å². The molecule has 3 aromatic rings.